The highest BCUT2D eigenvalue weighted by Gasteiger charge is 2.33. The van der Waals surface area contributed by atoms with Crippen molar-refractivity contribution >= 4 is 17.4 Å². The topological polar surface area (TPSA) is 0 Å². The Morgan fingerprint density at radius 3 is 2.71 bits per heavy atom. The summed E-state index contributed by atoms with van der Waals surface area (Å²) in [4.78, 5) is 0. The molecule has 108 valence electrons. The van der Waals surface area contributed by atoms with Gasteiger partial charge in [-0.15, -0.1) is 0 Å². The Hall–Kier alpha value is -1.34. The predicted molar refractivity (Wildman–Crippen MR) is 91.9 cm³/mol. The lowest BCUT2D eigenvalue weighted by Gasteiger charge is -2.33. The van der Waals surface area contributed by atoms with Gasteiger partial charge in [0.05, 0.1) is 0 Å². The number of hydrogen-bond donors (Lipinski definition) is 0. The highest BCUT2D eigenvalue weighted by atomic mass is 32.1. The summed E-state index contributed by atoms with van der Waals surface area (Å²) in [6.07, 6.45) is 9.35. The van der Waals surface area contributed by atoms with E-state index in [9.17, 15) is 0 Å². The largest absolute Gasteiger partial charge is 0.151 e. The monoisotopic (exact) mass is 294 g/mol. The van der Waals surface area contributed by atoms with Crippen LogP contribution in [0.4, 0.5) is 0 Å². The molecule has 0 N–H and O–H groups in total. The first kappa shape index (κ1) is 13.3. The summed E-state index contributed by atoms with van der Waals surface area (Å²) in [6.45, 7) is 2.18. The summed E-state index contributed by atoms with van der Waals surface area (Å²) in [5.41, 5.74) is 7.64. The van der Waals surface area contributed by atoms with Crippen LogP contribution in [-0.2, 0) is 0 Å². The molecule has 0 amide bonds. The molecule has 2 aliphatic rings. The van der Waals surface area contributed by atoms with E-state index in [2.05, 4.69) is 48.0 Å². The summed E-state index contributed by atoms with van der Waals surface area (Å²) >= 11 is 1.86. The van der Waals surface area contributed by atoms with Crippen molar-refractivity contribution in [1.29, 1.82) is 0 Å². The fraction of sp³-hybridized carbons (Fsp3) is 0.400. The van der Waals surface area contributed by atoms with Crippen LogP contribution in [0.25, 0.3) is 6.08 Å². The maximum absolute atomic E-state index is 2.51. The van der Waals surface area contributed by atoms with E-state index in [0.717, 1.165) is 5.92 Å². The summed E-state index contributed by atoms with van der Waals surface area (Å²) in [5, 5.41) is 4.72. The zero-order chi connectivity index (χ0) is 14.2. The number of hydrogen-bond acceptors (Lipinski definition) is 1. The van der Waals surface area contributed by atoms with E-state index in [4.69, 9.17) is 0 Å². The van der Waals surface area contributed by atoms with E-state index in [1.165, 1.54) is 48.8 Å². The normalized spacial score (nSPS) is 24.7. The van der Waals surface area contributed by atoms with E-state index in [1.807, 2.05) is 11.3 Å². The van der Waals surface area contributed by atoms with Crippen molar-refractivity contribution in [1.82, 2.24) is 0 Å². The van der Waals surface area contributed by atoms with Crippen LogP contribution < -0.4 is 0 Å². The third-order valence-corrected chi connectivity index (χ3v) is 5.98. The Balaban J connectivity index is 1.83. The minimum atomic E-state index is 0.588. The van der Waals surface area contributed by atoms with Crippen molar-refractivity contribution in [2.75, 3.05) is 0 Å². The van der Waals surface area contributed by atoms with Gasteiger partial charge < -0.3 is 0 Å². The van der Waals surface area contributed by atoms with Crippen molar-refractivity contribution in [3.05, 3.63) is 62.9 Å². The Kier molecular flexibility index (Phi) is 3.46. The van der Waals surface area contributed by atoms with Gasteiger partial charge in [0.2, 0.25) is 0 Å². The molecule has 1 aromatic heterocycles. The molecule has 0 radical (unpaired) electrons. The van der Waals surface area contributed by atoms with Gasteiger partial charge in [-0.1, -0.05) is 54.3 Å². The van der Waals surface area contributed by atoms with E-state index in [-0.39, 0.29) is 0 Å². The molecule has 2 aromatic rings. The third kappa shape index (κ3) is 2.38. The van der Waals surface area contributed by atoms with Crippen LogP contribution in [0.3, 0.4) is 0 Å². The molecule has 1 saturated carbocycles. The molecule has 1 fully saturated rings. The second kappa shape index (κ2) is 5.46. The first-order valence-corrected chi connectivity index (χ1v) is 9.10. The van der Waals surface area contributed by atoms with Gasteiger partial charge >= 0.3 is 0 Å². The number of allylic oxidation sites excluding steroid dienone is 1. The van der Waals surface area contributed by atoms with Crippen LogP contribution in [-0.4, -0.2) is 0 Å². The number of aryl methyl sites for hydroxylation is 1. The maximum atomic E-state index is 2.51. The molecule has 0 nitrogen and oxygen atoms in total. The van der Waals surface area contributed by atoms with Crippen LogP contribution in [0, 0.1) is 12.8 Å². The van der Waals surface area contributed by atoms with Gasteiger partial charge in [-0.05, 0) is 59.6 Å². The van der Waals surface area contributed by atoms with Crippen molar-refractivity contribution in [2.45, 2.75) is 44.9 Å². The van der Waals surface area contributed by atoms with Crippen LogP contribution in [0.2, 0.25) is 0 Å². The standard InChI is InChI=1S/C20H22S/c1-14-7-9-15(10-8-14)20-18-6-4-2-3-5-16(18)11-17-12-21-13-19(17)20/h7-13,18,20H,2-6H2,1H3. The van der Waals surface area contributed by atoms with Crippen LogP contribution in [0.15, 0.2) is 40.6 Å². The molecular weight excluding hydrogens is 272 g/mol. The quantitative estimate of drug-likeness (QED) is 0.590. The van der Waals surface area contributed by atoms with Gasteiger partial charge in [0.15, 0.2) is 0 Å². The lowest BCUT2D eigenvalue weighted by molar-refractivity contribution is 0.489. The fourth-order valence-electron chi connectivity index (χ4n) is 4.09. The molecular formula is C20H22S. The average molecular weight is 294 g/mol. The first-order chi connectivity index (χ1) is 10.3. The summed E-state index contributed by atoms with van der Waals surface area (Å²) in [5.74, 6) is 1.32. The Labute approximate surface area is 131 Å². The highest BCUT2D eigenvalue weighted by molar-refractivity contribution is 7.08. The second-order valence-electron chi connectivity index (χ2n) is 6.60. The first-order valence-electron chi connectivity index (χ1n) is 8.16. The van der Waals surface area contributed by atoms with E-state index >= 15 is 0 Å². The van der Waals surface area contributed by atoms with Crippen molar-refractivity contribution in [3.8, 4) is 0 Å². The molecule has 2 aliphatic carbocycles. The third-order valence-electron chi connectivity index (χ3n) is 5.19. The van der Waals surface area contributed by atoms with Crippen LogP contribution in [0.5, 0.6) is 0 Å². The average Bonchev–Trinajstić information content (AvgIpc) is 2.83. The van der Waals surface area contributed by atoms with E-state index in [0.29, 0.717) is 5.92 Å². The summed E-state index contributed by atoms with van der Waals surface area (Å²) < 4.78 is 0. The zero-order valence-corrected chi connectivity index (χ0v) is 13.5. The molecule has 0 saturated heterocycles. The lowest BCUT2D eigenvalue weighted by atomic mass is 9.71. The van der Waals surface area contributed by atoms with Gasteiger partial charge in [-0.25, -0.2) is 0 Å². The molecule has 0 bridgehead atoms. The molecule has 21 heavy (non-hydrogen) atoms. The zero-order valence-electron chi connectivity index (χ0n) is 12.6. The second-order valence-corrected chi connectivity index (χ2v) is 7.34. The lowest BCUT2D eigenvalue weighted by Crippen LogP contribution is -2.19. The minimum absolute atomic E-state index is 0.588. The fourth-order valence-corrected chi connectivity index (χ4v) is 4.94. The summed E-state index contributed by atoms with van der Waals surface area (Å²) in [7, 11) is 0. The SMILES string of the molecule is Cc1ccc(C2c3cscc3C=C3CCCCCC32)cc1. The number of rotatable bonds is 1. The molecule has 4 rings (SSSR count). The van der Waals surface area contributed by atoms with E-state index < -0.39 is 0 Å². The van der Waals surface area contributed by atoms with Gasteiger partial charge in [0, 0.05) is 5.92 Å². The van der Waals surface area contributed by atoms with Crippen molar-refractivity contribution in [2.24, 2.45) is 5.92 Å². The molecule has 0 spiro atoms. The molecule has 1 heterocycles. The van der Waals surface area contributed by atoms with Crippen molar-refractivity contribution < 1.29 is 0 Å². The maximum Gasteiger partial charge on any atom is 0.0169 e. The number of thiophene rings is 1. The van der Waals surface area contributed by atoms with Gasteiger partial charge in [0.1, 0.15) is 0 Å². The molecule has 2 unspecified atom stereocenters. The van der Waals surface area contributed by atoms with Gasteiger partial charge in [-0.2, -0.15) is 11.3 Å². The van der Waals surface area contributed by atoms with E-state index in [1.54, 1.807) is 11.1 Å². The molecule has 2 atom stereocenters. The molecule has 1 aromatic carbocycles. The van der Waals surface area contributed by atoms with Crippen LogP contribution >= 0.6 is 11.3 Å². The Morgan fingerprint density at radius 1 is 1.00 bits per heavy atom. The number of benzene rings is 1. The van der Waals surface area contributed by atoms with Crippen molar-refractivity contribution in [3.63, 3.8) is 0 Å². The highest BCUT2D eigenvalue weighted by Crippen LogP contribution is 2.48. The summed E-state index contributed by atoms with van der Waals surface area (Å²) in [6, 6.07) is 9.26. The molecule has 1 heteroatoms. The molecule has 0 aliphatic heterocycles. The Morgan fingerprint density at radius 2 is 1.86 bits per heavy atom. The minimum Gasteiger partial charge on any atom is -0.151 e. The van der Waals surface area contributed by atoms with Crippen LogP contribution in [0.1, 0.15) is 60.3 Å². The smallest absolute Gasteiger partial charge is 0.0169 e. The predicted octanol–water partition coefficient (Wildman–Crippen LogP) is 6.17. The van der Waals surface area contributed by atoms with Gasteiger partial charge in [-0.3, -0.25) is 0 Å². The Bertz CT molecular complexity index is 659. The van der Waals surface area contributed by atoms with Gasteiger partial charge in [0.25, 0.3) is 0 Å². The number of fused-ring (bicyclic) bond motifs is 2.